The minimum atomic E-state index is -6.41. The predicted molar refractivity (Wildman–Crippen MR) is 67.1 cm³/mol. The Morgan fingerprint density at radius 3 is 1.84 bits per heavy atom. The first-order valence-electron chi connectivity index (χ1n) is 6.64. The lowest BCUT2D eigenvalue weighted by molar-refractivity contribution is -0.574. The molecule has 0 atom stereocenters. The Morgan fingerprint density at radius 1 is 0.880 bits per heavy atom. The van der Waals surface area contributed by atoms with Crippen LogP contribution < -0.4 is 5.11 Å². The lowest BCUT2D eigenvalue weighted by Gasteiger charge is -2.40. The van der Waals surface area contributed by atoms with Crippen LogP contribution in [-0.2, 0) is 14.3 Å². The molecule has 5 nitrogen and oxygen atoms in total. The number of carbonyl (C=O) groups is 2. The Labute approximate surface area is 137 Å². The molecule has 0 radical (unpaired) electrons. The summed E-state index contributed by atoms with van der Waals surface area (Å²) >= 11 is 0. The van der Waals surface area contributed by atoms with Gasteiger partial charge in [-0.1, -0.05) is 18.2 Å². The molecule has 11 heteroatoms. The Kier molecular flexibility index (Phi) is 6.41. The molecular weight excluding hydrogens is 362 g/mol. The summed E-state index contributed by atoms with van der Waals surface area (Å²) in [7, 11) is 0. The largest absolute Gasteiger partial charge is 0.828 e. The van der Waals surface area contributed by atoms with Gasteiger partial charge in [-0.15, -0.1) is 0 Å². The SMILES string of the molecule is O=C(OCCCOC(=O)C([O-])(C(F)(F)F)C(F)(F)F)c1ccccc1. The van der Waals surface area contributed by atoms with Crippen LogP contribution in [0.4, 0.5) is 26.3 Å². The van der Waals surface area contributed by atoms with Crippen molar-refractivity contribution in [3.63, 3.8) is 0 Å². The fourth-order valence-electron chi connectivity index (χ4n) is 1.54. The second-order valence-electron chi connectivity index (χ2n) is 4.67. The maximum absolute atomic E-state index is 12.3. The van der Waals surface area contributed by atoms with Gasteiger partial charge in [0.2, 0.25) is 0 Å². The summed E-state index contributed by atoms with van der Waals surface area (Å²) < 4.78 is 82.3. The highest BCUT2D eigenvalue weighted by Gasteiger charge is 2.68. The molecule has 140 valence electrons. The van der Waals surface area contributed by atoms with Crippen molar-refractivity contribution in [3.8, 4) is 0 Å². The minimum absolute atomic E-state index is 0.173. The topological polar surface area (TPSA) is 75.7 Å². The first-order valence-corrected chi connectivity index (χ1v) is 6.64. The van der Waals surface area contributed by atoms with Crippen molar-refractivity contribution in [2.24, 2.45) is 0 Å². The summed E-state index contributed by atoms with van der Waals surface area (Å²) in [4.78, 5) is 22.5. The van der Waals surface area contributed by atoms with Crippen molar-refractivity contribution in [1.29, 1.82) is 0 Å². The number of hydrogen-bond donors (Lipinski definition) is 0. The van der Waals surface area contributed by atoms with Crippen molar-refractivity contribution in [3.05, 3.63) is 35.9 Å². The highest BCUT2D eigenvalue weighted by atomic mass is 19.4. The predicted octanol–water partition coefficient (Wildman–Crippen LogP) is 2.00. The van der Waals surface area contributed by atoms with Crippen molar-refractivity contribution in [2.45, 2.75) is 24.4 Å². The van der Waals surface area contributed by atoms with Gasteiger partial charge in [0, 0.05) is 6.42 Å². The lowest BCUT2D eigenvalue weighted by atomic mass is 10.0. The van der Waals surface area contributed by atoms with E-state index in [1.54, 1.807) is 18.2 Å². The maximum atomic E-state index is 12.3. The molecule has 0 unspecified atom stereocenters. The molecule has 0 N–H and O–H groups in total. The quantitative estimate of drug-likeness (QED) is 0.433. The van der Waals surface area contributed by atoms with Crippen LogP contribution in [0.15, 0.2) is 30.3 Å². The van der Waals surface area contributed by atoms with Crippen LogP contribution >= 0.6 is 0 Å². The number of halogens is 6. The number of hydrogen-bond acceptors (Lipinski definition) is 5. The van der Waals surface area contributed by atoms with Crippen LogP contribution in [0.3, 0.4) is 0 Å². The van der Waals surface area contributed by atoms with Gasteiger partial charge in [0.25, 0.3) is 0 Å². The average molecular weight is 373 g/mol. The third-order valence-corrected chi connectivity index (χ3v) is 2.85. The molecule has 0 heterocycles. The second kappa shape index (κ2) is 7.72. The van der Waals surface area contributed by atoms with Gasteiger partial charge in [0.15, 0.2) is 5.60 Å². The van der Waals surface area contributed by atoms with E-state index in [4.69, 9.17) is 0 Å². The molecule has 0 fully saturated rings. The zero-order chi connectivity index (χ0) is 19.3. The summed E-state index contributed by atoms with van der Waals surface area (Å²) in [6.07, 6.45) is -13.2. The average Bonchev–Trinajstić information content (AvgIpc) is 2.52. The summed E-state index contributed by atoms with van der Waals surface area (Å²) in [5.41, 5.74) is -5.70. The summed E-state index contributed by atoms with van der Waals surface area (Å²) in [5, 5.41) is 11.0. The van der Waals surface area contributed by atoms with Gasteiger partial charge in [-0.3, -0.25) is 4.79 Å². The molecule has 0 aliphatic carbocycles. The molecule has 0 bridgehead atoms. The van der Waals surface area contributed by atoms with Gasteiger partial charge >= 0.3 is 24.3 Å². The van der Waals surface area contributed by atoms with Crippen LogP contribution in [-0.4, -0.2) is 43.1 Å². The number of alkyl halides is 6. The van der Waals surface area contributed by atoms with Gasteiger partial charge in [-0.05, 0) is 12.1 Å². The van der Waals surface area contributed by atoms with E-state index < -0.39 is 49.5 Å². The standard InChI is InChI=1S/C14H11F6O5/c15-13(16,17)12(23,14(18,19)20)11(22)25-8-4-7-24-10(21)9-5-2-1-3-6-9/h1-3,5-6H,4,7-8H2/q-1. The molecule has 25 heavy (non-hydrogen) atoms. The highest BCUT2D eigenvalue weighted by molar-refractivity contribution is 5.89. The normalized spacial score (nSPS) is 12.6. The molecule has 0 spiro atoms. The number of rotatable bonds is 6. The first kappa shape index (κ1) is 20.7. The molecule has 0 saturated carbocycles. The molecule has 0 amide bonds. The van der Waals surface area contributed by atoms with Crippen LogP contribution in [0.2, 0.25) is 0 Å². The van der Waals surface area contributed by atoms with E-state index in [-0.39, 0.29) is 5.56 Å². The summed E-state index contributed by atoms with van der Waals surface area (Å²) in [5.74, 6) is -3.79. The van der Waals surface area contributed by atoms with E-state index in [0.717, 1.165) is 0 Å². The van der Waals surface area contributed by atoms with Crippen LogP contribution in [0.1, 0.15) is 16.8 Å². The van der Waals surface area contributed by atoms with Gasteiger partial charge in [-0.2, -0.15) is 26.3 Å². The molecular formula is C14H11F6O5-. The number of benzene rings is 1. The highest BCUT2D eigenvalue weighted by Crippen LogP contribution is 2.41. The van der Waals surface area contributed by atoms with E-state index in [2.05, 4.69) is 9.47 Å². The maximum Gasteiger partial charge on any atom is 0.399 e. The van der Waals surface area contributed by atoms with Gasteiger partial charge in [0.1, 0.15) is 0 Å². The molecule has 1 rings (SSSR count). The fraction of sp³-hybridized carbons (Fsp3) is 0.429. The van der Waals surface area contributed by atoms with Gasteiger partial charge in [-0.25, -0.2) is 4.79 Å². The third kappa shape index (κ3) is 4.84. The van der Waals surface area contributed by atoms with Gasteiger partial charge < -0.3 is 14.6 Å². The lowest BCUT2D eigenvalue weighted by Crippen LogP contribution is -2.71. The monoisotopic (exact) mass is 373 g/mol. The molecule has 0 aliphatic rings. The second-order valence-corrected chi connectivity index (χ2v) is 4.67. The number of ether oxygens (including phenoxy) is 2. The van der Waals surface area contributed by atoms with E-state index in [9.17, 15) is 41.0 Å². The zero-order valence-corrected chi connectivity index (χ0v) is 12.3. The number of carbonyl (C=O) groups excluding carboxylic acids is 2. The van der Waals surface area contributed by atoms with Crippen molar-refractivity contribution >= 4 is 11.9 Å². The molecule has 1 aromatic carbocycles. The molecule has 0 saturated heterocycles. The van der Waals surface area contributed by atoms with E-state index in [0.29, 0.717) is 0 Å². The zero-order valence-electron chi connectivity index (χ0n) is 12.3. The van der Waals surface area contributed by atoms with E-state index in [1.807, 2.05) is 0 Å². The molecule has 1 aromatic rings. The van der Waals surface area contributed by atoms with Crippen molar-refractivity contribution in [1.82, 2.24) is 0 Å². The van der Waals surface area contributed by atoms with Crippen LogP contribution in [0, 0.1) is 0 Å². The third-order valence-electron chi connectivity index (χ3n) is 2.85. The molecule has 0 aromatic heterocycles. The van der Waals surface area contributed by atoms with Crippen molar-refractivity contribution < 1.29 is 50.5 Å². The van der Waals surface area contributed by atoms with Gasteiger partial charge in [0.05, 0.1) is 18.8 Å². The van der Waals surface area contributed by atoms with Crippen LogP contribution in [0.25, 0.3) is 0 Å². The summed E-state index contributed by atoms with van der Waals surface area (Å²) in [6.45, 7) is -1.40. The Balaban J connectivity index is 2.50. The summed E-state index contributed by atoms with van der Waals surface area (Å²) in [6, 6.07) is 7.55. The van der Waals surface area contributed by atoms with E-state index >= 15 is 0 Å². The minimum Gasteiger partial charge on any atom is -0.828 e. The smallest absolute Gasteiger partial charge is 0.399 e. The van der Waals surface area contributed by atoms with E-state index in [1.165, 1.54) is 12.1 Å². The first-order chi connectivity index (χ1) is 11.4. The fourth-order valence-corrected chi connectivity index (χ4v) is 1.54. The Morgan fingerprint density at radius 2 is 1.36 bits per heavy atom. The Hall–Kier alpha value is -2.30. The van der Waals surface area contributed by atoms with Crippen LogP contribution in [0.5, 0.6) is 0 Å². The number of esters is 2. The Bertz CT molecular complexity index is 582. The van der Waals surface area contributed by atoms with Crippen molar-refractivity contribution in [2.75, 3.05) is 13.2 Å². The molecule has 0 aliphatic heterocycles.